The van der Waals surface area contributed by atoms with Crippen LogP contribution in [0.25, 0.3) is 22.0 Å². The van der Waals surface area contributed by atoms with Crippen molar-refractivity contribution in [1.29, 1.82) is 0 Å². The van der Waals surface area contributed by atoms with Crippen LogP contribution in [0.15, 0.2) is 48.0 Å². The van der Waals surface area contributed by atoms with E-state index in [9.17, 15) is 9.59 Å². The van der Waals surface area contributed by atoms with Crippen LogP contribution in [0.5, 0.6) is 5.75 Å². The first-order valence-corrected chi connectivity index (χ1v) is 11.6. The molecule has 1 aliphatic heterocycles. The molecule has 166 valence electrons. The number of hydrogen-bond acceptors (Lipinski definition) is 7. The highest BCUT2D eigenvalue weighted by atomic mass is 32.1. The second kappa shape index (κ2) is 9.48. The van der Waals surface area contributed by atoms with Crippen LogP contribution in [-0.4, -0.2) is 40.6 Å². The number of ether oxygens (including phenoxy) is 2. The van der Waals surface area contributed by atoms with Gasteiger partial charge in [-0.05, 0) is 50.1 Å². The lowest BCUT2D eigenvalue weighted by Crippen LogP contribution is -2.48. The van der Waals surface area contributed by atoms with Gasteiger partial charge in [0.2, 0.25) is 0 Å². The Balaban J connectivity index is 1.66. The molecule has 0 fully saturated rings. The van der Waals surface area contributed by atoms with E-state index in [1.165, 1.54) is 16.2 Å². The minimum Gasteiger partial charge on any atom is -0.478 e. The molecule has 0 saturated carbocycles. The van der Waals surface area contributed by atoms with Gasteiger partial charge in [0.15, 0.2) is 6.10 Å². The Morgan fingerprint density at radius 2 is 2.09 bits per heavy atom. The molecule has 3 heterocycles. The molecule has 2 unspecified atom stereocenters. The first-order chi connectivity index (χ1) is 15.5. The van der Waals surface area contributed by atoms with E-state index >= 15 is 0 Å². The molecule has 3 aromatic rings. The molecule has 0 aliphatic carbocycles. The third kappa shape index (κ3) is 4.50. The number of nitrogens with zero attached hydrogens (tertiary/aromatic N) is 3. The van der Waals surface area contributed by atoms with Gasteiger partial charge in [0.05, 0.1) is 23.2 Å². The molecule has 0 bridgehead atoms. The summed E-state index contributed by atoms with van der Waals surface area (Å²) in [7, 11) is 0. The molecule has 4 rings (SSSR count). The number of amides is 1. The van der Waals surface area contributed by atoms with E-state index in [4.69, 9.17) is 14.5 Å². The predicted molar refractivity (Wildman–Crippen MR) is 124 cm³/mol. The Bertz CT molecular complexity index is 1120. The van der Waals surface area contributed by atoms with Gasteiger partial charge in [-0.2, -0.15) is 0 Å². The van der Waals surface area contributed by atoms with Crippen molar-refractivity contribution in [3.63, 3.8) is 0 Å². The smallest absolute Gasteiger partial charge is 0.326 e. The second-order valence-corrected chi connectivity index (χ2v) is 8.44. The lowest BCUT2D eigenvalue weighted by atomic mass is 10.1. The van der Waals surface area contributed by atoms with Gasteiger partial charge >= 0.3 is 5.97 Å². The molecule has 7 nitrogen and oxygen atoms in total. The van der Waals surface area contributed by atoms with Gasteiger partial charge in [0, 0.05) is 17.1 Å². The van der Waals surface area contributed by atoms with Gasteiger partial charge in [0.25, 0.3) is 5.91 Å². The van der Waals surface area contributed by atoms with Crippen LogP contribution >= 0.6 is 11.3 Å². The summed E-state index contributed by atoms with van der Waals surface area (Å²) < 4.78 is 11.3. The highest BCUT2D eigenvalue weighted by Gasteiger charge is 2.35. The standard InChI is InChI=1S/C24H25N3O4S/c1-4-15(3)30-22(28)13-27-19-12-16(9-10-21(19)31-20(5-2)24(27)29)18-14-32-23(26-18)17-8-6-7-11-25-17/h6-12,14-15,20H,4-5,13H2,1-3H3. The van der Waals surface area contributed by atoms with Gasteiger partial charge in [-0.25, -0.2) is 4.98 Å². The molecule has 8 heteroatoms. The lowest BCUT2D eigenvalue weighted by Gasteiger charge is -2.34. The summed E-state index contributed by atoms with van der Waals surface area (Å²) in [4.78, 5) is 36.0. The lowest BCUT2D eigenvalue weighted by molar-refractivity contribution is -0.147. The Morgan fingerprint density at radius 1 is 1.25 bits per heavy atom. The number of pyridine rings is 1. The van der Waals surface area contributed by atoms with Gasteiger partial charge in [-0.3, -0.25) is 19.5 Å². The van der Waals surface area contributed by atoms with Crippen molar-refractivity contribution in [2.45, 2.75) is 45.8 Å². The van der Waals surface area contributed by atoms with E-state index in [1.807, 2.05) is 62.5 Å². The predicted octanol–water partition coefficient (Wildman–Crippen LogP) is 4.72. The molecule has 1 aliphatic rings. The van der Waals surface area contributed by atoms with Crippen LogP contribution < -0.4 is 9.64 Å². The van der Waals surface area contributed by atoms with E-state index in [1.54, 1.807) is 6.20 Å². The van der Waals surface area contributed by atoms with Gasteiger partial charge in [0.1, 0.15) is 17.3 Å². The number of aromatic nitrogens is 2. The van der Waals surface area contributed by atoms with Crippen LogP contribution in [0.3, 0.4) is 0 Å². The molecule has 1 amide bonds. The maximum atomic E-state index is 13.0. The summed E-state index contributed by atoms with van der Waals surface area (Å²) >= 11 is 1.50. The monoisotopic (exact) mass is 451 g/mol. The third-order valence-corrected chi connectivity index (χ3v) is 6.17. The second-order valence-electron chi connectivity index (χ2n) is 7.58. The number of rotatable bonds is 7. The molecule has 0 N–H and O–H groups in total. The maximum Gasteiger partial charge on any atom is 0.326 e. The van der Waals surface area contributed by atoms with Crippen LogP contribution in [0, 0.1) is 0 Å². The summed E-state index contributed by atoms with van der Waals surface area (Å²) in [6.45, 7) is 5.50. The summed E-state index contributed by atoms with van der Waals surface area (Å²) in [5, 5.41) is 2.76. The fourth-order valence-corrected chi connectivity index (χ4v) is 4.20. The molecule has 32 heavy (non-hydrogen) atoms. The quantitative estimate of drug-likeness (QED) is 0.484. The van der Waals surface area contributed by atoms with Crippen LogP contribution in [0.1, 0.15) is 33.6 Å². The summed E-state index contributed by atoms with van der Waals surface area (Å²) in [6.07, 6.45) is 2.13. The van der Waals surface area contributed by atoms with Crippen molar-refractivity contribution in [1.82, 2.24) is 9.97 Å². The van der Waals surface area contributed by atoms with Crippen LogP contribution in [0.2, 0.25) is 0 Å². The minimum absolute atomic E-state index is 0.157. The molecule has 2 aromatic heterocycles. The summed E-state index contributed by atoms with van der Waals surface area (Å²) in [6, 6.07) is 11.3. The highest BCUT2D eigenvalue weighted by molar-refractivity contribution is 7.13. The summed E-state index contributed by atoms with van der Waals surface area (Å²) in [5.74, 6) is -0.116. The zero-order chi connectivity index (χ0) is 22.7. The first kappa shape index (κ1) is 22.0. The Labute approximate surface area is 191 Å². The number of thiazole rings is 1. The largest absolute Gasteiger partial charge is 0.478 e. The average molecular weight is 452 g/mol. The van der Waals surface area contributed by atoms with Crippen molar-refractivity contribution < 1.29 is 19.1 Å². The zero-order valence-electron chi connectivity index (χ0n) is 18.3. The van der Waals surface area contributed by atoms with Gasteiger partial charge < -0.3 is 9.47 Å². The molecule has 0 saturated heterocycles. The topological polar surface area (TPSA) is 81.6 Å². The third-order valence-electron chi connectivity index (χ3n) is 5.31. The van der Waals surface area contributed by atoms with Crippen molar-refractivity contribution in [2.75, 3.05) is 11.4 Å². The number of esters is 1. The Kier molecular flexibility index (Phi) is 6.50. The van der Waals surface area contributed by atoms with E-state index in [0.717, 1.165) is 22.0 Å². The molecular weight excluding hydrogens is 426 g/mol. The van der Waals surface area contributed by atoms with E-state index in [0.29, 0.717) is 24.3 Å². The van der Waals surface area contributed by atoms with Crippen molar-refractivity contribution in [3.05, 3.63) is 48.0 Å². The average Bonchev–Trinajstić information content (AvgIpc) is 3.31. The van der Waals surface area contributed by atoms with Crippen LogP contribution in [-0.2, 0) is 14.3 Å². The Hall–Kier alpha value is -3.26. The minimum atomic E-state index is -0.625. The van der Waals surface area contributed by atoms with Crippen molar-refractivity contribution in [3.8, 4) is 27.7 Å². The highest BCUT2D eigenvalue weighted by Crippen LogP contribution is 2.39. The van der Waals surface area contributed by atoms with Crippen LogP contribution in [0.4, 0.5) is 5.69 Å². The number of fused-ring (bicyclic) bond motifs is 1. The summed E-state index contributed by atoms with van der Waals surface area (Å²) in [5.41, 5.74) is 2.95. The number of benzene rings is 1. The normalized spacial score (nSPS) is 16.3. The molecule has 1 aromatic carbocycles. The molecule has 2 atom stereocenters. The maximum absolute atomic E-state index is 13.0. The molecule has 0 spiro atoms. The van der Waals surface area contributed by atoms with Crippen molar-refractivity contribution in [2.24, 2.45) is 0 Å². The van der Waals surface area contributed by atoms with Crippen molar-refractivity contribution >= 4 is 28.9 Å². The number of hydrogen-bond donors (Lipinski definition) is 0. The van der Waals surface area contributed by atoms with E-state index in [-0.39, 0.29) is 18.6 Å². The zero-order valence-corrected chi connectivity index (χ0v) is 19.1. The molecular formula is C24H25N3O4S. The fourth-order valence-electron chi connectivity index (χ4n) is 3.39. The first-order valence-electron chi connectivity index (χ1n) is 10.7. The number of carbonyl (C=O) groups excluding carboxylic acids is 2. The number of anilines is 1. The van der Waals surface area contributed by atoms with Gasteiger partial charge in [-0.1, -0.05) is 19.9 Å². The number of carbonyl (C=O) groups is 2. The fraction of sp³-hybridized carbons (Fsp3) is 0.333. The SMILES string of the molecule is CCC(C)OC(=O)CN1C(=O)C(CC)Oc2ccc(-c3csc(-c4ccccn4)n3)cc21. The van der Waals surface area contributed by atoms with Gasteiger partial charge in [-0.15, -0.1) is 11.3 Å². The Morgan fingerprint density at radius 3 is 2.81 bits per heavy atom. The van der Waals surface area contributed by atoms with E-state index in [2.05, 4.69) is 4.98 Å². The van der Waals surface area contributed by atoms with E-state index < -0.39 is 12.1 Å². The molecule has 0 radical (unpaired) electrons.